The van der Waals surface area contributed by atoms with Gasteiger partial charge in [0.2, 0.25) is 5.91 Å². The van der Waals surface area contributed by atoms with Gasteiger partial charge in [0.25, 0.3) is 0 Å². The average molecular weight is 656 g/mol. The van der Waals surface area contributed by atoms with Gasteiger partial charge in [-0.05, 0) is 48.2 Å². The SMILES string of the molecule is N[C@H](C(=O)Nc1cncc(F)c1CC[C@@H]1CN[C@@H](COC(=O)NCC(F)(F)F)CO1)[C@@H](c1ccc(F)cc1)c1cccc(Cl)c1. The summed E-state index contributed by atoms with van der Waals surface area (Å²) in [5, 5.41) is 7.81. The first-order valence-electron chi connectivity index (χ1n) is 13.9. The van der Waals surface area contributed by atoms with Crippen LogP contribution < -0.4 is 21.7 Å². The predicted molar refractivity (Wildman–Crippen MR) is 156 cm³/mol. The first-order chi connectivity index (χ1) is 21.4. The van der Waals surface area contributed by atoms with Gasteiger partial charge in [0.15, 0.2) is 0 Å². The normalized spacial score (nSPS) is 18.1. The Morgan fingerprint density at radius 1 is 1.13 bits per heavy atom. The van der Waals surface area contributed by atoms with Crippen LogP contribution in [0.1, 0.15) is 29.0 Å². The Kier molecular flexibility index (Phi) is 11.7. The zero-order chi connectivity index (χ0) is 32.6. The summed E-state index contributed by atoms with van der Waals surface area (Å²) in [6.07, 6.45) is -3.29. The van der Waals surface area contributed by atoms with Crippen molar-refractivity contribution in [3.8, 4) is 0 Å². The van der Waals surface area contributed by atoms with E-state index >= 15 is 0 Å². The minimum Gasteiger partial charge on any atom is -0.448 e. The van der Waals surface area contributed by atoms with Crippen molar-refractivity contribution < 1.29 is 41.0 Å². The van der Waals surface area contributed by atoms with Crippen LogP contribution in [-0.4, -0.2) is 67.7 Å². The molecular weight excluding hydrogens is 625 g/mol. The second kappa shape index (κ2) is 15.4. The number of hydrogen-bond acceptors (Lipinski definition) is 7. The van der Waals surface area contributed by atoms with Crippen LogP contribution >= 0.6 is 11.6 Å². The molecule has 0 spiro atoms. The second-order valence-corrected chi connectivity index (χ2v) is 10.8. The molecule has 4 rings (SSSR count). The molecule has 0 aliphatic carbocycles. The highest BCUT2D eigenvalue weighted by Crippen LogP contribution is 2.30. The zero-order valence-corrected chi connectivity index (χ0v) is 24.5. The van der Waals surface area contributed by atoms with E-state index in [-0.39, 0.29) is 37.0 Å². The number of aromatic nitrogens is 1. The van der Waals surface area contributed by atoms with Crippen LogP contribution in [0.25, 0.3) is 0 Å². The molecule has 4 atom stereocenters. The molecule has 0 unspecified atom stereocenters. The van der Waals surface area contributed by atoms with E-state index in [9.17, 15) is 31.5 Å². The Labute approximate surface area is 260 Å². The van der Waals surface area contributed by atoms with Crippen LogP contribution in [0.2, 0.25) is 5.02 Å². The van der Waals surface area contributed by atoms with E-state index in [2.05, 4.69) is 15.6 Å². The van der Waals surface area contributed by atoms with E-state index in [0.717, 1.165) is 6.20 Å². The maximum atomic E-state index is 14.9. The molecule has 5 N–H and O–H groups in total. The second-order valence-electron chi connectivity index (χ2n) is 10.4. The van der Waals surface area contributed by atoms with Gasteiger partial charge in [0, 0.05) is 23.0 Å². The molecular formula is C30H31ClF5N5O4. The van der Waals surface area contributed by atoms with Crippen LogP contribution in [0, 0.1) is 11.6 Å². The number of carbonyl (C=O) groups excluding carboxylic acids is 2. The lowest BCUT2D eigenvalue weighted by atomic mass is 9.85. The number of benzene rings is 2. The van der Waals surface area contributed by atoms with Crippen molar-refractivity contribution in [2.45, 2.75) is 43.1 Å². The molecule has 1 aromatic heterocycles. The summed E-state index contributed by atoms with van der Waals surface area (Å²) in [4.78, 5) is 28.7. The van der Waals surface area contributed by atoms with E-state index in [0.29, 0.717) is 29.1 Å². The molecule has 1 aliphatic heterocycles. The third kappa shape index (κ3) is 10.1. The summed E-state index contributed by atoms with van der Waals surface area (Å²) in [7, 11) is 0. The maximum absolute atomic E-state index is 14.9. The number of rotatable bonds is 11. The van der Waals surface area contributed by atoms with Crippen molar-refractivity contribution in [3.05, 3.63) is 94.3 Å². The van der Waals surface area contributed by atoms with E-state index in [1.54, 1.807) is 29.6 Å². The fraction of sp³-hybridized carbons (Fsp3) is 0.367. The topological polar surface area (TPSA) is 128 Å². The fourth-order valence-electron chi connectivity index (χ4n) is 4.83. The summed E-state index contributed by atoms with van der Waals surface area (Å²) in [6.45, 7) is -1.31. The van der Waals surface area contributed by atoms with E-state index < -0.39 is 54.4 Å². The number of nitrogens with two attached hydrogens (primary N) is 1. The van der Waals surface area contributed by atoms with Gasteiger partial charge in [-0.15, -0.1) is 0 Å². The van der Waals surface area contributed by atoms with Gasteiger partial charge in [-0.1, -0.05) is 35.9 Å². The molecule has 1 aliphatic rings. The molecule has 2 aromatic carbocycles. The third-order valence-corrected chi connectivity index (χ3v) is 7.33. The number of alkyl carbamates (subject to hydrolysis) is 1. The molecule has 2 heterocycles. The van der Waals surface area contributed by atoms with Crippen molar-refractivity contribution in [2.24, 2.45) is 5.73 Å². The Morgan fingerprint density at radius 3 is 2.56 bits per heavy atom. The lowest BCUT2D eigenvalue weighted by Crippen LogP contribution is -2.49. The number of hydrogen-bond donors (Lipinski definition) is 4. The van der Waals surface area contributed by atoms with E-state index in [4.69, 9.17) is 26.8 Å². The quantitative estimate of drug-likeness (QED) is 0.221. The Morgan fingerprint density at radius 2 is 1.89 bits per heavy atom. The van der Waals surface area contributed by atoms with Crippen LogP contribution in [0.4, 0.5) is 32.4 Å². The molecule has 1 fully saturated rings. The molecule has 3 aromatic rings. The van der Waals surface area contributed by atoms with Crippen molar-refractivity contribution >= 4 is 29.3 Å². The molecule has 1 saturated heterocycles. The summed E-state index contributed by atoms with van der Waals surface area (Å²) < 4.78 is 75.8. The number of amides is 2. The molecule has 9 nitrogen and oxygen atoms in total. The van der Waals surface area contributed by atoms with E-state index in [1.165, 1.54) is 30.5 Å². The lowest BCUT2D eigenvalue weighted by molar-refractivity contribution is -0.124. The number of pyridine rings is 1. The molecule has 2 amide bonds. The van der Waals surface area contributed by atoms with Gasteiger partial charge in [-0.2, -0.15) is 13.2 Å². The highest BCUT2D eigenvalue weighted by Gasteiger charge is 2.30. The van der Waals surface area contributed by atoms with Crippen molar-refractivity contribution in [2.75, 3.05) is 31.6 Å². The highest BCUT2D eigenvalue weighted by atomic mass is 35.5. The van der Waals surface area contributed by atoms with Crippen molar-refractivity contribution in [3.63, 3.8) is 0 Å². The van der Waals surface area contributed by atoms with Crippen molar-refractivity contribution in [1.82, 2.24) is 15.6 Å². The van der Waals surface area contributed by atoms with Gasteiger partial charge < -0.3 is 31.2 Å². The number of nitrogens with zero attached hydrogens (tertiary/aromatic N) is 1. The lowest BCUT2D eigenvalue weighted by Gasteiger charge is -2.30. The molecule has 45 heavy (non-hydrogen) atoms. The fourth-order valence-corrected chi connectivity index (χ4v) is 5.03. The van der Waals surface area contributed by atoms with Crippen molar-refractivity contribution in [1.29, 1.82) is 0 Å². The van der Waals surface area contributed by atoms with Gasteiger partial charge in [0.05, 0.1) is 42.9 Å². The molecule has 0 radical (unpaired) electrons. The number of ether oxygens (including phenoxy) is 2. The van der Waals surface area contributed by atoms with Crippen LogP contribution in [0.15, 0.2) is 60.9 Å². The summed E-state index contributed by atoms with van der Waals surface area (Å²) in [5.74, 6) is -2.43. The summed E-state index contributed by atoms with van der Waals surface area (Å²) in [5.41, 5.74) is 7.97. The molecule has 0 bridgehead atoms. The monoisotopic (exact) mass is 655 g/mol. The van der Waals surface area contributed by atoms with Crippen LogP contribution in [-0.2, 0) is 20.7 Å². The predicted octanol–water partition coefficient (Wildman–Crippen LogP) is 4.69. The minimum absolute atomic E-state index is 0.1000. The minimum atomic E-state index is -4.55. The van der Waals surface area contributed by atoms with Crippen LogP contribution in [0.3, 0.4) is 0 Å². The third-order valence-electron chi connectivity index (χ3n) is 7.09. The van der Waals surface area contributed by atoms with Gasteiger partial charge in [-0.25, -0.2) is 13.6 Å². The Hall–Kier alpha value is -3.85. The maximum Gasteiger partial charge on any atom is 0.407 e. The zero-order valence-electron chi connectivity index (χ0n) is 23.8. The molecule has 15 heteroatoms. The largest absolute Gasteiger partial charge is 0.448 e. The van der Waals surface area contributed by atoms with Gasteiger partial charge in [0.1, 0.15) is 24.8 Å². The van der Waals surface area contributed by atoms with Gasteiger partial charge in [-0.3, -0.25) is 9.78 Å². The summed E-state index contributed by atoms with van der Waals surface area (Å²) >= 11 is 6.19. The number of morpholine rings is 1. The number of alkyl halides is 3. The number of anilines is 1. The van der Waals surface area contributed by atoms with Gasteiger partial charge >= 0.3 is 12.3 Å². The number of halogens is 6. The summed E-state index contributed by atoms with van der Waals surface area (Å²) in [6, 6.07) is 10.8. The number of nitrogens with one attached hydrogen (secondary N) is 3. The van der Waals surface area contributed by atoms with E-state index in [1.807, 2.05) is 0 Å². The highest BCUT2D eigenvalue weighted by molar-refractivity contribution is 6.30. The molecule has 242 valence electrons. The standard InChI is InChI=1S/C30H31ClF5N5O4/c31-19-3-1-2-18(10-19)26(17-4-6-20(32)7-5-17)27(37)28(42)41-25-13-38-12-24(33)23(25)9-8-22-11-39-21(14-44-22)15-45-29(43)40-16-30(34,35)36/h1-7,10,12-13,21-22,26-27,39H,8-9,11,14-16,37H2,(H,40,43)(H,41,42)/t21-,22-,26+,27+/m1/s1. The number of carbonyl (C=O) groups is 2. The molecule has 0 saturated carbocycles. The Bertz CT molecular complexity index is 1460. The van der Waals surface area contributed by atoms with Crippen LogP contribution in [0.5, 0.6) is 0 Å². The smallest absolute Gasteiger partial charge is 0.407 e. The first-order valence-corrected chi connectivity index (χ1v) is 14.3. The average Bonchev–Trinajstić information content (AvgIpc) is 3.00. The first kappa shape index (κ1) is 34.0. The Balaban J connectivity index is 1.36.